The van der Waals surface area contributed by atoms with Crippen molar-refractivity contribution in [2.24, 2.45) is 0 Å². The van der Waals surface area contributed by atoms with Gasteiger partial charge in [-0.05, 0) is 0 Å². The fraction of sp³-hybridized carbons (Fsp3) is 0. The van der Waals surface area contributed by atoms with Crippen molar-refractivity contribution in [2.75, 3.05) is 0 Å². The van der Waals surface area contributed by atoms with E-state index in [1.165, 1.54) is 0 Å². The second kappa shape index (κ2) is 2.91. The van der Waals surface area contributed by atoms with Gasteiger partial charge in [0, 0.05) is 21.1 Å². The summed E-state index contributed by atoms with van der Waals surface area (Å²) in [6.07, 6.45) is 0. The third-order valence-corrected chi connectivity index (χ3v) is 0. The molecule has 0 aliphatic rings. The molecule has 0 amide bonds. The Morgan fingerprint density at radius 1 is 1.17 bits per heavy atom. The second-order valence-electron chi connectivity index (χ2n) is 0.396. The molecular weight excluding hydrogens is 195 g/mol. The quantitative estimate of drug-likeness (QED) is 0.399. The molecule has 0 bridgehead atoms. The molecular formula is HClMoO4. The van der Waals surface area contributed by atoms with E-state index in [-0.39, 0.29) is 21.1 Å². The van der Waals surface area contributed by atoms with Gasteiger partial charge in [0.15, 0.2) is 0 Å². The van der Waals surface area contributed by atoms with E-state index >= 15 is 0 Å². The molecule has 0 aromatic heterocycles. The largest absolute Gasteiger partial charge is 0.183 e. The van der Waals surface area contributed by atoms with E-state index in [1.807, 2.05) is 0 Å². The molecule has 0 rings (SSSR count). The van der Waals surface area contributed by atoms with Gasteiger partial charge in [-0.15, -0.1) is 0 Å². The van der Waals surface area contributed by atoms with Crippen LogP contribution in [0.15, 0.2) is 0 Å². The molecule has 0 atom stereocenters. The predicted molar refractivity (Wildman–Crippen MR) is 2.22 cm³/mol. The van der Waals surface area contributed by atoms with E-state index in [2.05, 4.69) is 0 Å². The normalized spacial score (nSPS) is 10.0. The molecule has 0 saturated carbocycles. The van der Waals surface area contributed by atoms with Crippen molar-refractivity contribution in [1.29, 1.82) is 0 Å². The summed E-state index contributed by atoms with van der Waals surface area (Å²) in [5.41, 5.74) is 0. The van der Waals surface area contributed by atoms with Crippen molar-refractivity contribution in [3.8, 4) is 0 Å². The summed E-state index contributed by atoms with van der Waals surface area (Å²) in [5.74, 6) is 0. The van der Waals surface area contributed by atoms with Crippen LogP contribution in [0.25, 0.3) is 0 Å². The van der Waals surface area contributed by atoms with Crippen LogP contribution in [0.3, 0.4) is 0 Å². The minimum atomic E-state index is -4.69. The number of hydrogen-bond donors (Lipinski definition) is 1. The van der Waals surface area contributed by atoms with Crippen molar-refractivity contribution < 1.29 is 49.9 Å². The van der Waals surface area contributed by atoms with E-state index in [9.17, 15) is 0 Å². The maximum Gasteiger partial charge on any atom is 0.0777 e. The van der Waals surface area contributed by atoms with Gasteiger partial charge < -0.3 is 0 Å². The molecule has 0 radical (unpaired) electrons. The van der Waals surface area contributed by atoms with E-state index in [4.69, 9.17) is 18.6 Å². The Morgan fingerprint density at radius 2 is 1.17 bits per heavy atom. The first kappa shape index (κ1) is 9.94. The zero-order valence-electron chi connectivity index (χ0n) is 2.46. The van der Waals surface area contributed by atoms with E-state index in [1.54, 1.807) is 0 Å². The maximum atomic E-state index is 8.60. The molecule has 0 aliphatic carbocycles. The van der Waals surface area contributed by atoms with Gasteiger partial charge in [0.1, 0.15) is 0 Å². The Morgan fingerprint density at radius 3 is 1.17 bits per heavy atom. The van der Waals surface area contributed by atoms with Crippen molar-refractivity contribution in [2.45, 2.75) is 0 Å². The fourth-order valence-electron chi connectivity index (χ4n) is 0. The first-order valence-corrected chi connectivity index (χ1v) is 1.90. The van der Waals surface area contributed by atoms with Gasteiger partial charge in [-0.1, -0.05) is 0 Å². The monoisotopic (exact) mass is 198 g/mol. The Labute approximate surface area is 50.4 Å². The molecule has 0 saturated heterocycles. The van der Waals surface area contributed by atoms with Crippen molar-refractivity contribution in [3.05, 3.63) is 0 Å². The molecule has 0 spiro atoms. The van der Waals surface area contributed by atoms with E-state index in [0.717, 1.165) is 0 Å². The molecule has 0 fully saturated rings. The van der Waals surface area contributed by atoms with Crippen LogP contribution in [0, 0.1) is 10.2 Å². The topological polar surface area (TPSA) is 89.4 Å². The van der Waals surface area contributed by atoms with E-state index < -0.39 is 10.2 Å². The van der Waals surface area contributed by atoms with Crippen LogP contribution in [0.1, 0.15) is 0 Å². The summed E-state index contributed by atoms with van der Waals surface area (Å²) < 4.78 is 32.7. The number of hydrogen-bond acceptors (Lipinski definition) is 4. The summed E-state index contributed by atoms with van der Waals surface area (Å²) in [5, 5.41) is 0. The SMILES string of the molecule is [Mo].[O-][Cl+3]([O-])([O-])O. The standard InChI is InChI=1S/ClHO4.Mo/c2-1(3,4)5;/h(H,2,3,4,5);. The van der Waals surface area contributed by atoms with Crippen LogP contribution in [0.2, 0.25) is 0 Å². The molecule has 0 heterocycles. The van der Waals surface area contributed by atoms with Crippen LogP contribution in [0.5, 0.6) is 0 Å². The summed E-state index contributed by atoms with van der Waals surface area (Å²) in [4.78, 5) is 0. The summed E-state index contributed by atoms with van der Waals surface area (Å²) in [6, 6.07) is 0. The van der Waals surface area contributed by atoms with Crippen molar-refractivity contribution in [3.63, 3.8) is 0 Å². The van der Waals surface area contributed by atoms with Gasteiger partial charge in [0.2, 0.25) is 0 Å². The molecule has 0 aliphatic heterocycles. The third kappa shape index (κ3) is 105. The average molecular weight is 196 g/mol. The number of rotatable bonds is 0. The molecule has 1 N–H and O–H groups in total. The van der Waals surface area contributed by atoms with Gasteiger partial charge in [-0.25, -0.2) is 0 Å². The van der Waals surface area contributed by atoms with Crippen molar-refractivity contribution in [1.82, 2.24) is 0 Å². The summed E-state index contributed by atoms with van der Waals surface area (Å²) >= 11 is 0. The first-order valence-electron chi connectivity index (χ1n) is 0.632. The van der Waals surface area contributed by atoms with Gasteiger partial charge in [0.05, 0.1) is 14.9 Å². The molecule has 0 aromatic carbocycles. The summed E-state index contributed by atoms with van der Waals surface area (Å²) in [6.45, 7) is 0. The van der Waals surface area contributed by atoms with Gasteiger partial charge in [-0.2, -0.15) is 14.0 Å². The van der Waals surface area contributed by atoms with Crippen LogP contribution in [-0.4, -0.2) is 4.66 Å². The molecule has 38 valence electrons. The fourth-order valence-corrected chi connectivity index (χ4v) is 0. The van der Waals surface area contributed by atoms with E-state index in [0.29, 0.717) is 0 Å². The second-order valence-corrected chi connectivity index (χ2v) is 1.19. The summed E-state index contributed by atoms with van der Waals surface area (Å²) in [7, 11) is -4.69. The Kier molecular flexibility index (Phi) is 4.81. The van der Waals surface area contributed by atoms with Gasteiger partial charge >= 0.3 is 0 Å². The Bertz CT molecular complexity index is 23.0. The molecule has 6 heteroatoms. The molecule has 6 heavy (non-hydrogen) atoms. The third-order valence-electron chi connectivity index (χ3n) is 0. The zero-order chi connectivity index (χ0) is 4.50. The minimum Gasteiger partial charge on any atom is -0.183 e. The number of halogens is 1. The van der Waals surface area contributed by atoms with Crippen LogP contribution in [0.4, 0.5) is 0 Å². The van der Waals surface area contributed by atoms with Crippen LogP contribution < -0.4 is 14.0 Å². The van der Waals surface area contributed by atoms with Crippen molar-refractivity contribution >= 4 is 0 Å². The predicted octanol–water partition coefficient (Wildman–Crippen LogP) is -4.13. The molecule has 4 nitrogen and oxygen atoms in total. The zero-order valence-corrected chi connectivity index (χ0v) is 5.22. The first-order chi connectivity index (χ1) is 2.00. The smallest absolute Gasteiger partial charge is 0.0777 e. The molecule has 0 unspecified atom stereocenters. The Hall–Kier alpha value is 0.818. The maximum absolute atomic E-state index is 8.60. The minimum absolute atomic E-state index is 0. The van der Waals surface area contributed by atoms with Gasteiger partial charge in [0.25, 0.3) is 0 Å². The van der Waals surface area contributed by atoms with Crippen LogP contribution in [-0.2, 0) is 21.1 Å². The Balaban J connectivity index is 0. The molecule has 0 aromatic rings. The van der Waals surface area contributed by atoms with Gasteiger partial charge in [-0.3, -0.25) is 0 Å². The van der Waals surface area contributed by atoms with Crippen LogP contribution >= 0.6 is 0 Å². The average Bonchev–Trinajstić information content (AvgIpc) is 0.722.